The molecule has 4 heteroatoms. The molecule has 0 atom stereocenters. The van der Waals surface area contributed by atoms with Crippen molar-refractivity contribution in [3.63, 3.8) is 0 Å². The Balaban J connectivity index is 2.19. The van der Waals surface area contributed by atoms with Crippen LogP contribution in [0.25, 0.3) is 20.8 Å². The standard InChI is InChI=1S/C14H12N2OS/c1-8-11(15)6-7-12-13(8)18-14(16-12)9-2-4-10(17)5-3-9/h2-7,17H,15H2,1H3. The maximum atomic E-state index is 9.29. The molecule has 90 valence electrons. The van der Waals surface area contributed by atoms with Crippen LogP contribution >= 0.6 is 11.3 Å². The predicted molar refractivity (Wildman–Crippen MR) is 75.9 cm³/mol. The topological polar surface area (TPSA) is 59.1 Å². The molecule has 0 saturated carbocycles. The van der Waals surface area contributed by atoms with Gasteiger partial charge in [0.1, 0.15) is 10.8 Å². The first-order valence-electron chi connectivity index (χ1n) is 5.60. The minimum absolute atomic E-state index is 0.264. The molecule has 0 aliphatic heterocycles. The van der Waals surface area contributed by atoms with Crippen molar-refractivity contribution < 1.29 is 5.11 Å². The van der Waals surface area contributed by atoms with Crippen LogP contribution in [0.2, 0.25) is 0 Å². The molecule has 3 N–H and O–H groups in total. The van der Waals surface area contributed by atoms with E-state index in [4.69, 9.17) is 5.73 Å². The van der Waals surface area contributed by atoms with Crippen molar-refractivity contribution in [2.45, 2.75) is 6.92 Å². The van der Waals surface area contributed by atoms with Crippen molar-refractivity contribution >= 4 is 27.2 Å². The molecule has 0 saturated heterocycles. The van der Waals surface area contributed by atoms with Gasteiger partial charge in [0, 0.05) is 11.3 Å². The van der Waals surface area contributed by atoms with Gasteiger partial charge in [-0.2, -0.15) is 0 Å². The van der Waals surface area contributed by atoms with Crippen LogP contribution in [0.1, 0.15) is 5.56 Å². The number of aromatic nitrogens is 1. The smallest absolute Gasteiger partial charge is 0.124 e. The van der Waals surface area contributed by atoms with Gasteiger partial charge in [-0.25, -0.2) is 4.98 Å². The molecule has 2 aromatic carbocycles. The zero-order valence-corrected chi connectivity index (χ0v) is 10.7. The third kappa shape index (κ3) is 1.71. The summed E-state index contributed by atoms with van der Waals surface area (Å²) in [5.41, 5.74) is 9.75. The fraction of sp³-hybridized carbons (Fsp3) is 0.0714. The minimum atomic E-state index is 0.264. The SMILES string of the molecule is Cc1c(N)ccc2nc(-c3ccc(O)cc3)sc12. The van der Waals surface area contributed by atoms with Gasteiger partial charge in [0.15, 0.2) is 0 Å². The normalized spacial score (nSPS) is 10.9. The lowest BCUT2D eigenvalue weighted by Crippen LogP contribution is -1.87. The monoisotopic (exact) mass is 256 g/mol. The second-order valence-corrected chi connectivity index (χ2v) is 5.19. The van der Waals surface area contributed by atoms with Crippen molar-refractivity contribution in [2.24, 2.45) is 0 Å². The number of aryl methyl sites for hydroxylation is 1. The molecule has 0 fully saturated rings. The Morgan fingerprint density at radius 2 is 1.83 bits per heavy atom. The summed E-state index contributed by atoms with van der Waals surface area (Å²) in [5, 5.41) is 10.2. The van der Waals surface area contributed by atoms with E-state index in [1.807, 2.05) is 31.2 Å². The third-order valence-electron chi connectivity index (χ3n) is 2.96. The number of aromatic hydroxyl groups is 1. The maximum Gasteiger partial charge on any atom is 0.124 e. The number of thiazole rings is 1. The van der Waals surface area contributed by atoms with Crippen molar-refractivity contribution in [3.05, 3.63) is 42.0 Å². The summed E-state index contributed by atoms with van der Waals surface area (Å²) >= 11 is 1.62. The molecule has 0 amide bonds. The molecule has 0 unspecified atom stereocenters. The summed E-state index contributed by atoms with van der Waals surface area (Å²) in [6, 6.07) is 10.9. The van der Waals surface area contributed by atoms with Gasteiger partial charge in [0.2, 0.25) is 0 Å². The Morgan fingerprint density at radius 1 is 1.11 bits per heavy atom. The number of benzene rings is 2. The number of hydrogen-bond acceptors (Lipinski definition) is 4. The highest BCUT2D eigenvalue weighted by Gasteiger charge is 2.09. The van der Waals surface area contributed by atoms with Crippen LogP contribution in [-0.2, 0) is 0 Å². The van der Waals surface area contributed by atoms with E-state index in [0.29, 0.717) is 0 Å². The highest BCUT2D eigenvalue weighted by Crippen LogP contribution is 2.34. The number of hydrogen-bond donors (Lipinski definition) is 2. The van der Waals surface area contributed by atoms with E-state index in [9.17, 15) is 5.11 Å². The van der Waals surface area contributed by atoms with Gasteiger partial charge < -0.3 is 10.8 Å². The Bertz CT molecular complexity index is 716. The van der Waals surface area contributed by atoms with Crippen LogP contribution in [0.15, 0.2) is 36.4 Å². The molecule has 0 aliphatic carbocycles. The molecule has 0 bridgehead atoms. The molecular weight excluding hydrogens is 244 g/mol. The Labute approximate surface area is 109 Å². The number of phenols is 1. The van der Waals surface area contributed by atoms with E-state index >= 15 is 0 Å². The van der Waals surface area contributed by atoms with Gasteiger partial charge in [-0.1, -0.05) is 0 Å². The van der Waals surface area contributed by atoms with Crippen LogP contribution in [-0.4, -0.2) is 10.1 Å². The highest BCUT2D eigenvalue weighted by atomic mass is 32.1. The molecule has 1 heterocycles. The Morgan fingerprint density at radius 3 is 2.56 bits per heavy atom. The molecule has 1 aromatic heterocycles. The largest absolute Gasteiger partial charge is 0.508 e. The van der Waals surface area contributed by atoms with Crippen LogP contribution in [0.4, 0.5) is 5.69 Å². The average Bonchev–Trinajstić information content (AvgIpc) is 2.80. The van der Waals surface area contributed by atoms with E-state index in [1.54, 1.807) is 23.5 Å². The molecular formula is C14H12N2OS. The fourth-order valence-electron chi connectivity index (χ4n) is 1.87. The van der Waals surface area contributed by atoms with E-state index in [0.717, 1.165) is 32.0 Å². The number of anilines is 1. The fourth-order valence-corrected chi connectivity index (χ4v) is 2.95. The number of nitrogens with two attached hydrogens (primary N) is 1. The van der Waals surface area contributed by atoms with Crippen LogP contribution in [0, 0.1) is 6.92 Å². The van der Waals surface area contributed by atoms with Gasteiger partial charge in [-0.05, 0) is 48.9 Å². The molecule has 3 rings (SSSR count). The van der Waals surface area contributed by atoms with E-state index in [-0.39, 0.29) is 5.75 Å². The van der Waals surface area contributed by atoms with E-state index < -0.39 is 0 Å². The van der Waals surface area contributed by atoms with Crippen molar-refractivity contribution in [2.75, 3.05) is 5.73 Å². The van der Waals surface area contributed by atoms with E-state index in [2.05, 4.69) is 4.98 Å². The van der Waals surface area contributed by atoms with Gasteiger partial charge in [-0.3, -0.25) is 0 Å². The number of fused-ring (bicyclic) bond motifs is 1. The Kier molecular flexibility index (Phi) is 2.45. The summed E-state index contributed by atoms with van der Waals surface area (Å²) in [6.45, 7) is 2.01. The van der Waals surface area contributed by atoms with Crippen LogP contribution in [0.5, 0.6) is 5.75 Å². The summed E-state index contributed by atoms with van der Waals surface area (Å²) < 4.78 is 1.12. The second kappa shape index (κ2) is 3.99. The van der Waals surface area contributed by atoms with Crippen molar-refractivity contribution in [1.29, 1.82) is 0 Å². The summed E-state index contributed by atoms with van der Waals surface area (Å²) in [4.78, 5) is 4.60. The van der Waals surface area contributed by atoms with Crippen molar-refractivity contribution in [3.8, 4) is 16.3 Å². The first kappa shape index (κ1) is 11.0. The Hall–Kier alpha value is -2.07. The maximum absolute atomic E-state index is 9.29. The van der Waals surface area contributed by atoms with Gasteiger partial charge in [0.25, 0.3) is 0 Å². The number of rotatable bonds is 1. The lowest BCUT2D eigenvalue weighted by Gasteiger charge is -1.98. The first-order valence-corrected chi connectivity index (χ1v) is 6.42. The first-order chi connectivity index (χ1) is 8.65. The minimum Gasteiger partial charge on any atom is -0.508 e. The zero-order valence-electron chi connectivity index (χ0n) is 9.84. The highest BCUT2D eigenvalue weighted by molar-refractivity contribution is 7.21. The molecule has 0 spiro atoms. The molecule has 3 nitrogen and oxygen atoms in total. The lowest BCUT2D eigenvalue weighted by atomic mass is 10.2. The molecule has 0 radical (unpaired) electrons. The quantitative estimate of drug-likeness (QED) is 0.654. The number of nitrogens with zero attached hydrogens (tertiary/aromatic N) is 1. The second-order valence-electron chi connectivity index (χ2n) is 4.19. The summed E-state index contributed by atoms with van der Waals surface area (Å²) in [5.74, 6) is 0.264. The third-order valence-corrected chi connectivity index (χ3v) is 4.20. The summed E-state index contributed by atoms with van der Waals surface area (Å²) in [6.07, 6.45) is 0. The molecule has 0 aliphatic rings. The van der Waals surface area contributed by atoms with Crippen LogP contribution in [0.3, 0.4) is 0 Å². The van der Waals surface area contributed by atoms with Gasteiger partial charge >= 0.3 is 0 Å². The predicted octanol–water partition coefficient (Wildman–Crippen LogP) is 3.56. The van der Waals surface area contributed by atoms with Gasteiger partial charge in [-0.15, -0.1) is 11.3 Å². The zero-order chi connectivity index (χ0) is 12.7. The number of nitrogen functional groups attached to an aromatic ring is 1. The lowest BCUT2D eigenvalue weighted by molar-refractivity contribution is 0.475. The molecule has 18 heavy (non-hydrogen) atoms. The van der Waals surface area contributed by atoms with E-state index in [1.165, 1.54) is 0 Å². The number of phenolic OH excluding ortho intramolecular Hbond substituents is 1. The summed E-state index contributed by atoms with van der Waals surface area (Å²) in [7, 11) is 0. The van der Waals surface area contributed by atoms with Crippen LogP contribution < -0.4 is 5.73 Å². The molecule has 3 aromatic rings. The van der Waals surface area contributed by atoms with Crippen molar-refractivity contribution in [1.82, 2.24) is 4.98 Å². The van der Waals surface area contributed by atoms with Gasteiger partial charge in [0.05, 0.1) is 10.2 Å². The average molecular weight is 256 g/mol.